The molecule has 0 unspecified atom stereocenters. The lowest BCUT2D eigenvalue weighted by Crippen LogP contribution is -2.21. The summed E-state index contributed by atoms with van der Waals surface area (Å²) in [5.41, 5.74) is 0.451. The van der Waals surface area contributed by atoms with Crippen LogP contribution in [0.5, 0.6) is 0 Å². The molecule has 104 valence electrons. The van der Waals surface area contributed by atoms with Crippen molar-refractivity contribution in [2.24, 2.45) is 0 Å². The Hall–Kier alpha value is -1.90. The van der Waals surface area contributed by atoms with Gasteiger partial charge in [0, 0.05) is 5.39 Å². The van der Waals surface area contributed by atoms with Gasteiger partial charge in [-0.2, -0.15) is 0 Å². The SMILES string of the molecule is O=C(OC1CCCCC1)c1ccc(F)c2ccccc12. The number of hydrogen-bond donors (Lipinski definition) is 0. The van der Waals surface area contributed by atoms with E-state index in [4.69, 9.17) is 4.74 Å². The van der Waals surface area contributed by atoms with E-state index >= 15 is 0 Å². The van der Waals surface area contributed by atoms with Crippen LogP contribution in [0.4, 0.5) is 4.39 Å². The minimum Gasteiger partial charge on any atom is -0.459 e. The summed E-state index contributed by atoms with van der Waals surface area (Å²) >= 11 is 0. The Morgan fingerprint density at radius 1 is 1.00 bits per heavy atom. The fourth-order valence-corrected chi connectivity index (χ4v) is 2.84. The van der Waals surface area contributed by atoms with E-state index in [1.54, 1.807) is 24.3 Å². The highest BCUT2D eigenvalue weighted by atomic mass is 19.1. The third-order valence-corrected chi connectivity index (χ3v) is 3.92. The zero-order chi connectivity index (χ0) is 13.9. The maximum Gasteiger partial charge on any atom is 0.339 e. The van der Waals surface area contributed by atoms with Crippen molar-refractivity contribution in [2.45, 2.75) is 38.2 Å². The number of halogens is 1. The molecule has 0 N–H and O–H groups in total. The van der Waals surface area contributed by atoms with Crippen LogP contribution in [-0.4, -0.2) is 12.1 Å². The Balaban J connectivity index is 1.89. The summed E-state index contributed by atoms with van der Waals surface area (Å²) in [5, 5.41) is 1.08. The van der Waals surface area contributed by atoms with E-state index in [9.17, 15) is 9.18 Å². The lowest BCUT2D eigenvalue weighted by Gasteiger charge is -2.22. The monoisotopic (exact) mass is 272 g/mol. The number of esters is 1. The molecule has 1 fully saturated rings. The average molecular weight is 272 g/mol. The van der Waals surface area contributed by atoms with Gasteiger partial charge in [0.2, 0.25) is 0 Å². The van der Waals surface area contributed by atoms with E-state index in [0.29, 0.717) is 16.3 Å². The molecule has 0 heterocycles. The van der Waals surface area contributed by atoms with E-state index in [1.807, 2.05) is 0 Å². The molecular weight excluding hydrogens is 255 g/mol. The molecule has 0 aromatic heterocycles. The molecule has 1 aliphatic carbocycles. The first kappa shape index (κ1) is 13.1. The van der Waals surface area contributed by atoms with Gasteiger partial charge in [-0.3, -0.25) is 0 Å². The molecule has 0 aliphatic heterocycles. The van der Waals surface area contributed by atoms with Gasteiger partial charge in [0.05, 0.1) is 5.56 Å². The summed E-state index contributed by atoms with van der Waals surface area (Å²) in [7, 11) is 0. The Morgan fingerprint density at radius 3 is 2.45 bits per heavy atom. The zero-order valence-electron chi connectivity index (χ0n) is 11.3. The van der Waals surface area contributed by atoms with Crippen molar-refractivity contribution >= 4 is 16.7 Å². The molecule has 0 spiro atoms. The van der Waals surface area contributed by atoms with Crippen molar-refractivity contribution in [1.29, 1.82) is 0 Å². The molecule has 0 bridgehead atoms. The molecule has 1 saturated carbocycles. The number of carbonyl (C=O) groups excluding carboxylic acids is 1. The number of fused-ring (bicyclic) bond motifs is 1. The van der Waals surface area contributed by atoms with Crippen LogP contribution in [0.15, 0.2) is 36.4 Å². The number of benzene rings is 2. The van der Waals surface area contributed by atoms with E-state index in [1.165, 1.54) is 18.6 Å². The number of hydrogen-bond acceptors (Lipinski definition) is 2. The molecule has 0 saturated heterocycles. The Kier molecular flexibility index (Phi) is 3.68. The van der Waals surface area contributed by atoms with E-state index in [-0.39, 0.29) is 17.9 Å². The highest BCUT2D eigenvalue weighted by molar-refractivity contribution is 6.04. The van der Waals surface area contributed by atoms with E-state index in [0.717, 1.165) is 25.7 Å². The Labute approximate surface area is 117 Å². The van der Waals surface area contributed by atoms with Crippen LogP contribution < -0.4 is 0 Å². The van der Waals surface area contributed by atoms with Gasteiger partial charge in [-0.05, 0) is 43.2 Å². The molecule has 0 radical (unpaired) electrons. The van der Waals surface area contributed by atoms with Crippen LogP contribution in [0.3, 0.4) is 0 Å². The van der Waals surface area contributed by atoms with Gasteiger partial charge in [-0.15, -0.1) is 0 Å². The predicted molar refractivity (Wildman–Crippen MR) is 76.2 cm³/mol. The molecule has 0 amide bonds. The van der Waals surface area contributed by atoms with E-state index in [2.05, 4.69) is 0 Å². The minimum atomic E-state index is -0.340. The van der Waals surface area contributed by atoms with Crippen LogP contribution >= 0.6 is 0 Å². The molecule has 2 nitrogen and oxygen atoms in total. The van der Waals surface area contributed by atoms with Gasteiger partial charge in [0.15, 0.2) is 0 Å². The summed E-state index contributed by atoms with van der Waals surface area (Å²) in [6, 6.07) is 9.86. The Bertz CT molecular complexity index is 630. The summed E-state index contributed by atoms with van der Waals surface area (Å²) in [6.07, 6.45) is 5.33. The van der Waals surface area contributed by atoms with Crippen LogP contribution in [-0.2, 0) is 4.74 Å². The zero-order valence-corrected chi connectivity index (χ0v) is 11.3. The number of carbonyl (C=O) groups is 1. The van der Waals surface area contributed by atoms with Gasteiger partial charge >= 0.3 is 5.97 Å². The molecule has 2 aromatic carbocycles. The Morgan fingerprint density at radius 2 is 1.70 bits per heavy atom. The first-order valence-electron chi connectivity index (χ1n) is 7.14. The van der Waals surface area contributed by atoms with Crippen LogP contribution in [0.25, 0.3) is 10.8 Å². The molecule has 1 aliphatic rings. The lowest BCUT2D eigenvalue weighted by molar-refractivity contribution is 0.0213. The number of ether oxygens (including phenoxy) is 1. The van der Waals surface area contributed by atoms with Crippen molar-refractivity contribution in [3.8, 4) is 0 Å². The molecule has 0 atom stereocenters. The smallest absolute Gasteiger partial charge is 0.339 e. The summed E-state index contributed by atoms with van der Waals surface area (Å²) < 4.78 is 19.3. The fourth-order valence-electron chi connectivity index (χ4n) is 2.84. The summed E-state index contributed by atoms with van der Waals surface area (Å²) in [4.78, 5) is 12.3. The van der Waals surface area contributed by atoms with Gasteiger partial charge in [0.1, 0.15) is 11.9 Å². The molecular formula is C17H17FO2. The van der Waals surface area contributed by atoms with Crippen molar-refractivity contribution in [1.82, 2.24) is 0 Å². The minimum absolute atomic E-state index is 0.0139. The topological polar surface area (TPSA) is 26.3 Å². The van der Waals surface area contributed by atoms with Crippen molar-refractivity contribution in [3.63, 3.8) is 0 Å². The molecule has 3 rings (SSSR count). The second-order valence-electron chi connectivity index (χ2n) is 5.31. The molecule has 20 heavy (non-hydrogen) atoms. The second kappa shape index (κ2) is 5.61. The third kappa shape index (κ3) is 2.53. The maximum absolute atomic E-state index is 13.7. The van der Waals surface area contributed by atoms with Crippen LogP contribution in [0, 0.1) is 5.82 Å². The fraction of sp³-hybridized carbons (Fsp3) is 0.353. The average Bonchev–Trinajstić information content (AvgIpc) is 2.49. The summed E-state index contributed by atoms with van der Waals surface area (Å²) in [5.74, 6) is -0.650. The van der Waals surface area contributed by atoms with Crippen LogP contribution in [0.1, 0.15) is 42.5 Å². The largest absolute Gasteiger partial charge is 0.459 e. The second-order valence-corrected chi connectivity index (χ2v) is 5.31. The van der Waals surface area contributed by atoms with E-state index < -0.39 is 0 Å². The first-order valence-corrected chi connectivity index (χ1v) is 7.14. The predicted octanol–water partition coefficient (Wildman–Crippen LogP) is 4.47. The highest BCUT2D eigenvalue weighted by Crippen LogP contribution is 2.25. The molecule has 2 aromatic rings. The molecule has 3 heteroatoms. The van der Waals surface area contributed by atoms with Crippen molar-refractivity contribution < 1.29 is 13.9 Å². The normalized spacial score (nSPS) is 16.2. The third-order valence-electron chi connectivity index (χ3n) is 3.92. The standard InChI is InChI=1S/C17H17FO2/c18-16-11-10-15(13-8-4-5-9-14(13)16)17(19)20-12-6-2-1-3-7-12/h4-5,8-12H,1-3,6-7H2. The highest BCUT2D eigenvalue weighted by Gasteiger charge is 2.20. The van der Waals surface area contributed by atoms with Gasteiger partial charge in [0.25, 0.3) is 0 Å². The van der Waals surface area contributed by atoms with Gasteiger partial charge in [-0.1, -0.05) is 30.7 Å². The quantitative estimate of drug-likeness (QED) is 0.754. The number of rotatable bonds is 2. The summed E-state index contributed by atoms with van der Waals surface area (Å²) in [6.45, 7) is 0. The van der Waals surface area contributed by atoms with Crippen LogP contribution in [0.2, 0.25) is 0 Å². The van der Waals surface area contributed by atoms with Gasteiger partial charge in [-0.25, -0.2) is 9.18 Å². The lowest BCUT2D eigenvalue weighted by atomic mass is 9.97. The van der Waals surface area contributed by atoms with Gasteiger partial charge < -0.3 is 4.74 Å². The van der Waals surface area contributed by atoms with Crippen molar-refractivity contribution in [2.75, 3.05) is 0 Å². The van der Waals surface area contributed by atoms with Crippen molar-refractivity contribution in [3.05, 3.63) is 47.8 Å². The maximum atomic E-state index is 13.7. The first-order chi connectivity index (χ1) is 9.75.